The Morgan fingerprint density at radius 2 is 1.45 bits per heavy atom. The molecule has 0 atom stereocenters. The molecule has 112 valence electrons. The summed E-state index contributed by atoms with van der Waals surface area (Å²) in [5.74, 6) is -0.137. The smallest absolute Gasteiger partial charge is 1.00 e. The molecule has 0 radical (unpaired) electrons. The maximum absolute atomic E-state index is 12.6. The maximum atomic E-state index is 12.6. The van der Waals surface area contributed by atoms with Gasteiger partial charge in [-0.2, -0.15) is 0 Å². The van der Waals surface area contributed by atoms with Gasteiger partial charge in [-0.15, -0.1) is 0 Å². The molecule has 0 aliphatic rings. The van der Waals surface area contributed by atoms with Crippen LogP contribution in [-0.2, 0) is 4.57 Å². The second-order valence-electron chi connectivity index (χ2n) is 5.19. The second kappa shape index (κ2) is 6.96. The van der Waals surface area contributed by atoms with Gasteiger partial charge in [-0.05, 0) is 44.0 Å². The fraction of sp³-hybridized carbons (Fsp3) is 0.188. The minimum Gasteiger partial charge on any atom is -1.00 e. The Kier molecular flexibility index (Phi) is 5.98. The third-order valence-electron chi connectivity index (χ3n) is 3.37. The Bertz CT molecular complexity index is 730. The van der Waals surface area contributed by atoms with E-state index in [4.69, 9.17) is 9.79 Å². The molecule has 0 amide bonds. The van der Waals surface area contributed by atoms with E-state index in [1.165, 1.54) is 24.3 Å². The van der Waals surface area contributed by atoms with E-state index in [0.29, 0.717) is 11.1 Å². The largest absolute Gasteiger partial charge is 1.00 e. The third-order valence-corrected chi connectivity index (χ3v) is 4.34. The molecule has 2 aromatic rings. The van der Waals surface area contributed by atoms with Gasteiger partial charge in [0.1, 0.15) is 0 Å². The van der Waals surface area contributed by atoms with Crippen LogP contribution in [0.4, 0.5) is 0 Å². The molecule has 0 aliphatic carbocycles. The monoisotopic (exact) mass is 312 g/mol. The number of carbonyl (C=O) groups is 1. The predicted molar refractivity (Wildman–Crippen MR) is 83.3 cm³/mol. The first-order valence-electron chi connectivity index (χ1n) is 6.49. The van der Waals surface area contributed by atoms with E-state index in [9.17, 15) is 9.36 Å². The van der Waals surface area contributed by atoms with Crippen molar-refractivity contribution in [2.75, 3.05) is 0 Å². The van der Waals surface area contributed by atoms with E-state index >= 15 is 0 Å². The summed E-state index contributed by atoms with van der Waals surface area (Å²) in [5.41, 5.74) is 3.96. The van der Waals surface area contributed by atoms with Crippen LogP contribution in [0.5, 0.6) is 0 Å². The molecule has 0 aromatic heterocycles. The minimum atomic E-state index is -4.28. The summed E-state index contributed by atoms with van der Waals surface area (Å²) in [4.78, 5) is 30.7. The van der Waals surface area contributed by atoms with Crippen molar-refractivity contribution in [2.45, 2.75) is 20.8 Å². The topological polar surface area (TPSA) is 74.6 Å². The summed E-state index contributed by atoms with van der Waals surface area (Å²) in [6.07, 6.45) is 0. The number of ketones is 1. The molecule has 22 heavy (non-hydrogen) atoms. The minimum absolute atomic E-state index is 0. The zero-order valence-electron chi connectivity index (χ0n) is 14.1. The SMILES string of the molecule is Cc1cc(C)c(C(=O)c2ccc(P(=O)(O)O)cc2)c(C)c1.[H-].[Li+]. The molecule has 6 heteroatoms. The van der Waals surface area contributed by atoms with Crippen LogP contribution in [0.15, 0.2) is 36.4 Å². The molecule has 0 unspecified atom stereocenters. The normalized spacial score (nSPS) is 11.0. The molecular formula is C16H18LiO4P. The van der Waals surface area contributed by atoms with Gasteiger partial charge in [-0.25, -0.2) is 0 Å². The third kappa shape index (κ3) is 3.98. The van der Waals surface area contributed by atoms with Crippen molar-refractivity contribution >= 4 is 18.7 Å². The molecule has 0 bridgehead atoms. The van der Waals surface area contributed by atoms with Gasteiger partial charge in [0.15, 0.2) is 5.78 Å². The molecule has 0 fully saturated rings. The van der Waals surface area contributed by atoms with Gasteiger partial charge in [0.25, 0.3) is 0 Å². The number of carbonyl (C=O) groups excluding carboxylic acids is 1. The fourth-order valence-corrected chi connectivity index (χ4v) is 3.03. The molecular weight excluding hydrogens is 294 g/mol. The number of benzene rings is 2. The van der Waals surface area contributed by atoms with Gasteiger partial charge >= 0.3 is 26.5 Å². The van der Waals surface area contributed by atoms with Crippen LogP contribution in [-0.4, -0.2) is 15.6 Å². The number of hydrogen-bond acceptors (Lipinski definition) is 2. The van der Waals surface area contributed by atoms with E-state index in [-0.39, 0.29) is 31.4 Å². The maximum Gasteiger partial charge on any atom is 1.00 e. The van der Waals surface area contributed by atoms with E-state index in [2.05, 4.69) is 0 Å². The molecule has 0 saturated heterocycles. The average Bonchev–Trinajstić information content (AvgIpc) is 2.36. The molecule has 2 aromatic carbocycles. The van der Waals surface area contributed by atoms with Crippen molar-refractivity contribution in [2.24, 2.45) is 0 Å². The summed E-state index contributed by atoms with van der Waals surface area (Å²) in [7, 11) is -4.28. The zero-order chi connectivity index (χ0) is 15.8. The zero-order valence-corrected chi connectivity index (χ0v) is 14.0. The molecule has 2 rings (SSSR count). The molecule has 4 nitrogen and oxygen atoms in total. The van der Waals surface area contributed by atoms with Crippen molar-refractivity contribution in [3.05, 3.63) is 64.2 Å². The molecule has 0 aliphatic heterocycles. The van der Waals surface area contributed by atoms with Gasteiger partial charge in [-0.3, -0.25) is 9.36 Å². The summed E-state index contributed by atoms with van der Waals surface area (Å²) in [6.45, 7) is 5.75. The number of aryl methyl sites for hydroxylation is 3. The van der Waals surface area contributed by atoms with E-state index in [1.54, 1.807) is 0 Å². The first-order chi connectivity index (χ1) is 9.70. The summed E-state index contributed by atoms with van der Waals surface area (Å²) in [6, 6.07) is 9.40. The Hall–Kier alpha value is -1.14. The van der Waals surface area contributed by atoms with Crippen molar-refractivity contribution in [3.8, 4) is 0 Å². The molecule has 0 heterocycles. The standard InChI is InChI=1S/C16H17O4P.Li.H/c1-10-8-11(2)15(12(3)9-10)16(17)13-4-6-14(7-5-13)21(18,19)20;;/h4-9H,1-3H3,(H2,18,19,20);;/q;+1;-1. The van der Waals surface area contributed by atoms with Crippen molar-refractivity contribution in [3.63, 3.8) is 0 Å². The summed E-state index contributed by atoms with van der Waals surface area (Å²) < 4.78 is 11.1. The molecule has 0 spiro atoms. The van der Waals surface area contributed by atoms with Crippen LogP contribution in [0.2, 0.25) is 0 Å². The Morgan fingerprint density at radius 1 is 1.00 bits per heavy atom. The van der Waals surface area contributed by atoms with Gasteiger partial charge in [0.05, 0.1) is 5.30 Å². The number of rotatable bonds is 3. The van der Waals surface area contributed by atoms with Crippen LogP contribution in [0.1, 0.15) is 34.0 Å². The van der Waals surface area contributed by atoms with Gasteiger partial charge in [0.2, 0.25) is 0 Å². The Morgan fingerprint density at radius 3 is 1.86 bits per heavy atom. The van der Waals surface area contributed by atoms with E-state index in [0.717, 1.165) is 16.7 Å². The van der Waals surface area contributed by atoms with Crippen LogP contribution in [0.25, 0.3) is 0 Å². The van der Waals surface area contributed by atoms with Gasteiger partial charge in [-0.1, -0.05) is 29.8 Å². The van der Waals surface area contributed by atoms with Crippen LogP contribution in [0, 0.1) is 20.8 Å². The average molecular weight is 312 g/mol. The Labute approximate surface area is 143 Å². The fourth-order valence-electron chi connectivity index (χ4n) is 2.49. The van der Waals surface area contributed by atoms with Crippen LogP contribution < -0.4 is 24.2 Å². The van der Waals surface area contributed by atoms with E-state index < -0.39 is 7.60 Å². The molecule has 2 N–H and O–H groups in total. The predicted octanol–water partition coefficient (Wildman–Crippen LogP) is -0.238. The van der Waals surface area contributed by atoms with Crippen LogP contribution in [0.3, 0.4) is 0 Å². The second-order valence-corrected chi connectivity index (χ2v) is 6.80. The first kappa shape index (κ1) is 18.9. The van der Waals surface area contributed by atoms with Crippen molar-refractivity contribution < 1.29 is 39.4 Å². The van der Waals surface area contributed by atoms with Crippen molar-refractivity contribution in [1.29, 1.82) is 0 Å². The number of hydrogen-bond donors (Lipinski definition) is 2. The first-order valence-corrected chi connectivity index (χ1v) is 8.10. The summed E-state index contributed by atoms with van der Waals surface area (Å²) >= 11 is 0. The van der Waals surface area contributed by atoms with Crippen molar-refractivity contribution in [1.82, 2.24) is 0 Å². The summed E-state index contributed by atoms with van der Waals surface area (Å²) in [5, 5.41) is -0.0867. The van der Waals surface area contributed by atoms with Gasteiger partial charge in [0, 0.05) is 11.1 Å². The van der Waals surface area contributed by atoms with Gasteiger partial charge < -0.3 is 11.2 Å². The van der Waals surface area contributed by atoms with E-state index in [1.807, 2.05) is 32.9 Å². The quantitative estimate of drug-likeness (QED) is 0.466. The molecule has 0 saturated carbocycles. The van der Waals surface area contributed by atoms with Crippen LogP contribution >= 0.6 is 7.60 Å². The Balaban J connectivity index is 0.00000242.